The van der Waals surface area contributed by atoms with E-state index in [4.69, 9.17) is 0 Å². The molecule has 17 heavy (non-hydrogen) atoms. The van der Waals surface area contributed by atoms with Gasteiger partial charge in [0, 0.05) is 30.4 Å². The molecular formula is C15H23NO. The minimum Gasteiger partial charge on any atom is -0.350 e. The molecule has 0 spiro atoms. The highest BCUT2D eigenvalue weighted by Crippen LogP contribution is 2.31. The van der Waals surface area contributed by atoms with Gasteiger partial charge >= 0.3 is 0 Å². The Bertz CT molecular complexity index is 426. The molecule has 2 heteroatoms. The first-order chi connectivity index (χ1) is 7.92. The summed E-state index contributed by atoms with van der Waals surface area (Å²) in [6.07, 6.45) is 4.89. The average molecular weight is 233 g/mol. The Kier molecular flexibility index (Phi) is 3.15. The van der Waals surface area contributed by atoms with Crippen molar-refractivity contribution in [2.45, 2.75) is 53.5 Å². The quantitative estimate of drug-likeness (QED) is 0.780. The Morgan fingerprint density at radius 2 is 2.06 bits per heavy atom. The van der Waals surface area contributed by atoms with Gasteiger partial charge in [-0.15, -0.1) is 0 Å². The van der Waals surface area contributed by atoms with E-state index in [0.29, 0.717) is 11.7 Å². The van der Waals surface area contributed by atoms with E-state index in [0.717, 1.165) is 31.4 Å². The second kappa shape index (κ2) is 4.32. The van der Waals surface area contributed by atoms with E-state index in [1.165, 1.54) is 5.69 Å². The summed E-state index contributed by atoms with van der Waals surface area (Å²) in [6, 6.07) is 2.01. The van der Waals surface area contributed by atoms with Crippen LogP contribution >= 0.6 is 0 Å². The van der Waals surface area contributed by atoms with Crippen LogP contribution in [0.5, 0.6) is 0 Å². The predicted molar refractivity (Wildman–Crippen MR) is 70.3 cm³/mol. The molecule has 0 N–H and O–H groups in total. The number of fused-ring (bicyclic) bond motifs is 1. The van der Waals surface area contributed by atoms with E-state index >= 15 is 0 Å². The molecule has 1 aromatic heterocycles. The zero-order valence-electron chi connectivity index (χ0n) is 11.4. The molecule has 0 aromatic carbocycles. The van der Waals surface area contributed by atoms with Gasteiger partial charge in [0.15, 0.2) is 5.78 Å². The van der Waals surface area contributed by atoms with Gasteiger partial charge in [-0.05, 0) is 30.2 Å². The highest BCUT2D eigenvalue weighted by molar-refractivity contribution is 5.98. The van der Waals surface area contributed by atoms with Gasteiger partial charge in [0.05, 0.1) is 0 Å². The van der Waals surface area contributed by atoms with Gasteiger partial charge in [-0.25, -0.2) is 0 Å². The molecule has 94 valence electrons. The van der Waals surface area contributed by atoms with E-state index in [9.17, 15) is 4.79 Å². The van der Waals surface area contributed by atoms with Crippen molar-refractivity contribution in [1.29, 1.82) is 0 Å². The lowest BCUT2D eigenvalue weighted by Crippen LogP contribution is -2.27. The maximum Gasteiger partial charge on any atom is 0.164 e. The van der Waals surface area contributed by atoms with Crippen LogP contribution in [-0.4, -0.2) is 10.4 Å². The first-order valence-electron chi connectivity index (χ1n) is 6.63. The van der Waals surface area contributed by atoms with E-state index in [1.54, 1.807) is 0 Å². The Morgan fingerprint density at radius 1 is 1.35 bits per heavy atom. The number of carbonyl (C=O) groups excluding carboxylic acids is 1. The van der Waals surface area contributed by atoms with Crippen LogP contribution in [0.2, 0.25) is 0 Å². The Labute approximate surface area is 104 Å². The molecule has 1 aliphatic rings. The fourth-order valence-corrected chi connectivity index (χ4v) is 2.36. The maximum atomic E-state index is 11.8. The third kappa shape index (κ3) is 2.31. The second-order valence-electron chi connectivity index (χ2n) is 6.22. The molecule has 2 rings (SSSR count). The Hall–Kier alpha value is -1.05. The van der Waals surface area contributed by atoms with Gasteiger partial charge in [-0.1, -0.05) is 27.7 Å². The summed E-state index contributed by atoms with van der Waals surface area (Å²) < 4.78 is 2.30. The number of ketones is 1. The molecule has 1 heterocycles. The van der Waals surface area contributed by atoms with E-state index in [2.05, 4.69) is 38.5 Å². The summed E-state index contributed by atoms with van der Waals surface area (Å²) in [4.78, 5) is 11.8. The molecule has 0 unspecified atom stereocenters. The monoisotopic (exact) mass is 233 g/mol. The van der Waals surface area contributed by atoms with Crippen molar-refractivity contribution in [3.05, 3.63) is 23.5 Å². The van der Waals surface area contributed by atoms with Crippen LogP contribution in [0.1, 0.15) is 56.6 Å². The average Bonchev–Trinajstić information content (AvgIpc) is 2.62. The molecule has 0 fully saturated rings. The van der Waals surface area contributed by atoms with Crippen molar-refractivity contribution < 1.29 is 4.79 Å². The van der Waals surface area contributed by atoms with E-state index < -0.39 is 0 Å². The first-order valence-corrected chi connectivity index (χ1v) is 6.63. The van der Waals surface area contributed by atoms with E-state index in [-0.39, 0.29) is 5.41 Å². The summed E-state index contributed by atoms with van der Waals surface area (Å²) in [5.41, 5.74) is 2.50. The molecular weight excluding hydrogens is 210 g/mol. The third-order valence-electron chi connectivity index (χ3n) is 4.34. The third-order valence-corrected chi connectivity index (χ3v) is 4.34. The minimum absolute atomic E-state index is 0.271. The molecule has 0 amide bonds. The van der Waals surface area contributed by atoms with Crippen LogP contribution in [0.3, 0.4) is 0 Å². The molecule has 0 aliphatic heterocycles. The zero-order valence-corrected chi connectivity index (χ0v) is 11.4. The number of hydrogen-bond donors (Lipinski definition) is 0. The number of Topliss-reactive ketones (excluding diaryl/α,β-unsaturated/α-hetero) is 1. The van der Waals surface area contributed by atoms with Crippen molar-refractivity contribution in [1.82, 2.24) is 4.57 Å². The fourth-order valence-electron chi connectivity index (χ4n) is 2.36. The SMILES string of the molecule is CC(C)C(C)(C)Cn1ccc2c1CCCC2=O. The highest BCUT2D eigenvalue weighted by Gasteiger charge is 2.26. The van der Waals surface area contributed by atoms with Crippen LogP contribution in [0, 0.1) is 11.3 Å². The van der Waals surface area contributed by atoms with E-state index in [1.807, 2.05) is 6.07 Å². The minimum atomic E-state index is 0.271. The van der Waals surface area contributed by atoms with Gasteiger partial charge < -0.3 is 4.57 Å². The van der Waals surface area contributed by atoms with Crippen molar-refractivity contribution in [3.63, 3.8) is 0 Å². The normalized spacial score (nSPS) is 16.4. The maximum absolute atomic E-state index is 11.8. The summed E-state index contributed by atoms with van der Waals surface area (Å²) in [5.74, 6) is 0.965. The second-order valence-corrected chi connectivity index (χ2v) is 6.22. The number of aromatic nitrogens is 1. The standard InChI is InChI=1S/C15H23NO/c1-11(2)15(3,4)10-16-9-8-12-13(16)6-5-7-14(12)17/h8-9,11H,5-7,10H2,1-4H3. The van der Waals surface area contributed by atoms with Gasteiger partial charge in [-0.3, -0.25) is 4.79 Å². The van der Waals surface area contributed by atoms with Crippen molar-refractivity contribution in [3.8, 4) is 0 Å². The molecule has 2 nitrogen and oxygen atoms in total. The predicted octanol–water partition coefficient (Wildman–Crippen LogP) is 3.69. The smallest absolute Gasteiger partial charge is 0.164 e. The van der Waals surface area contributed by atoms with Gasteiger partial charge in [0.2, 0.25) is 0 Å². The number of hydrogen-bond acceptors (Lipinski definition) is 1. The molecule has 0 radical (unpaired) electrons. The summed E-state index contributed by atoms with van der Waals surface area (Å²) in [7, 11) is 0. The molecule has 1 aliphatic carbocycles. The van der Waals surface area contributed by atoms with Crippen molar-refractivity contribution in [2.75, 3.05) is 0 Å². The fraction of sp³-hybridized carbons (Fsp3) is 0.667. The van der Waals surface area contributed by atoms with Crippen molar-refractivity contribution >= 4 is 5.78 Å². The lowest BCUT2D eigenvalue weighted by molar-refractivity contribution is 0.0971. The highest BCUT2D eigenvalue weighted by atomic mass is 16.1. The van der Waals surface area contributed by atoms with Crippen LogP contribution in [-0.2, 0) is 13.0 Å². The first kappa shape index (κ1) is 12.4. The van der Waals surface area contributed by atoms with Crippen LogP contribution in [0.25, 0.3) is 0 Å². The summed E-state index contributed by atoms with van der Waals surface area (Å²) in [5, 5.41) is 0. The lowest BCUT2D eigenvalue weighted by atomic mass is 9.81. The van der Waals surface area contributed by atoms with Crippen molar-refractivity contribution in [2.24, 2.45) is 11.3 Å². The van der Waals surface area contributed by atoms with Gasteiger partial charge in [0.25, 0.3) is 0 Å². The molecule has 0 saturated carbocycles. The Balaban J connectivity index is 2.26. The van der Waals surface area contributed by atoms with Gasteiger partial charge in [0.1, 0.15) is 0 Å². The lowest BCUT2D eigenvalue weighted by Gasteiger charge is -2.31. The molecule has 1 aromatic rings. The number of carbonyl (C=O) groups is 1. The van der Waals surface area contributed by atoms with Crippen LogP contribution < -0.4 is 0 Å². The number of nitrogens with zero attached hydrogens (tertiary/aromatic N) is 1. The Morgan fingerprint density at radius 3 is 2.71 bits per heavy atom. The van der Waals surface area contributed by atoms with Crippen LogP contribution in [0.15, 0.2) is 12.3 Å². The number of rotatable bonds is 3. The zero-order chi connectivity index (χ0) is 12.6. The summed E-state index contributed by atoms with van der Waals surface area (Å²) in [6.45, 7) is 10.1. The summed E-state index contributed by atoms with van der Waals surface area (Å²) >= 11 is 0. The molecule has 0 atom stereocenters. The topological polar surface area (TPSA) is 22.0 Å². The molecule has 0 saturated heterocycles. The largest absolute Gasteiger partial charge is 0.350 e. The van der Waals surface area contributed by atoms with Crippen LogP contribution in [0.4, 0.5) is 0 Å². The molecule has 0 bridgehead atoms. The van der Waals surface area contributed by atoms with Gasteiger partial charge in [-0.2, -0.15) is 0 Å².